The van der Waals surface area contributed by atoms with Crippen molar-refractivity contribution in [2.45, 2.75) is 31.7 Å². The van der Waals surface area contributed by atoms with Crippen LogP contribution in [-0.4, -0.2) is 5.54 Å². The first-order valence-electron chi connectivity index (χ1n) is 4.82. The van der Waals surface area contributed by atoms with Crippen LogP contribution in [0.25, 0.3) is 0 Å². The molecule has 0 atom stereocenters. The Balaban J connectivity index is 2.13. The van der Waals surface area contributed by atoms with Crippen LogP contribution < -0.4 is 11.1 Å². The second-order valence-electron chi connectivity index (χ2n) is 4.13. The molecule has 0 unspecified atom stereocenters. The summed E-state index contributed by atoms with van der Waals surface area (Å²) < 4.78 is 0. The molecular weight excluding hydrogens is 160 g/mol. The van der Waals surface area contributed by atoms with Gasteiger partial charge < -0.3 is 11.1 Å². The molecule has 0 saturated heterocycles. The Bertz CT molecular complexity index is 303. The van der Waals surface area contributed by atoms with Gasteiger partial charge in [-0.3, -0.25) is 0 Å². The fourth-order valence-corrected chi connectivity index (χ4v) is 1.77. The minimum atomic E-state index is 0.287. The SMILES string of the molecule is CC1(Nc2ccccc2N)CCC1. The van der Waals surface area contributed by atoms with Gasteiger partial charge in [0.2, 0.25) is 0 Å². The molecule has 0 aliphatic heterocycles. The van der Waals surface area contributed by atoms with E-state index in [0.29, 0.717) is 0 Å². The van der Waals surface area contributed by atoms with Crippen molar-refractivity contribution in [2.24, 2.45) is 0 Å². The van der Waals surface area contributed by atoms with Crippen molar-refractivity contribution in [2.75, 3.05) is 11.1 Å². The molecule has 1 aromatic rings. The maximum absolute atomic E-state index is 5.84. The lowest BCUT2D eigenvalue weighted by Gasteiger charge is -2.40. The molecule has 70 valence electrons. The summed E-state index contributed by atoms with van der Waals surface area (Å²) in [7, 11) is 0. The van der Waals surface area contributed by atoms with E-state index in [9.17, 15) is 0 Å². The molecular formula is C11H16N2. The minimum Gasteiger partial charge on any atom is -0.397 e. The van der Waals surface area contributed by atoms with E-state index in [2.05, 4.69) is 12.2 Å². The first-order valence-corrected chi connectivity index (χ1v) is 4.82. The topological polar surface area (TPSA) is 38.0 Å². The lowest BCUT2D eigenvalue weighted by Crippen LogP contribution is -2.41. The molecule has 0 radical (unpaired) electrons. The number of nitrogens with one attached hydrogen (secondary N) is 1. The third-order valence-corrected chi connectivity index (χ3v) is 2.85. The fraction of sp³-hybridized carbons (Fsp3) is 0.455. The van der Waals surface area contributed by atoms with Crippen LogP contribution in [-0.2, 0) is 0 Å². The highest BCUT2D eigenvalue weighted by Crippen LogP contribution is 2.35. The second kappa shape index (κ2) is 2.95. The first-order chi connectivity index (χ1) is 6.20. The number of nitrogen functional groups attached to an aromatic ring is 1. The van der Waals surface area contributed by atoms with E-state index in [4.69, 9.17) is 5.73 Å². The predicted molar refractivity (Wildman–Crippen MR) is 56.7 cm³/mol. The Hall–Kier alpha value is -1.18. The van der Waals surface area contributed by atoms with Crippen molar-refractivity contribution in [3.05, 3.63) is 24.3 Å². The maximum Gasteiger partial charge on any atom is 0.0578 e. The summed E-state index contributed by atoms with van der Waals surface area (Å²) >= 11 is 0. The molecule has 0 heterocycles. The van der Waals surface area contributed by atoms with Crippen LogP contribution in [0.3, 0.4) is 0 Å². The van der Waals surface area contributed by atoms with Gasteiger partial charge in [0.1, 0.15) is 0 Å². The van der Waals surface area contributed by atoms with E-state index in [-0.39, 0.29) is 5.54 Å². The molecule has 0 aromatic heterocycles. The van der Waals surface area contributed by atoms with Crippen molar-refractivity contribution in [3.63, 3.8) is 0 Å². The van der Waals surface area contributed by atoms with Crippen molar-refractivity contribution in [1.82, 2.24) is 0 Å². The Labute approximate surface area is 79.1 Å². The fourth-order valence-electron chi connectivity index (χ4n) is 1.77. The van der Waals surface area contributed by atoms with Crippen LogP contribution >= 0.6 is 0 Å². The van der Waals surface area contributed by atoms with Crippen molar-refractivity contribution in [1.29, 1.82) is 0 Å². The summed E-state index contributed by atoms with van der Waals surface area (Å²) in [6.45, 7) is 2.25. The van der Waals surface area contributed by atoms with E-state index < -0.39 is 0 Å². The quantitative estimate of drug-likeness (QED) is 0.680. The van der Waals surface area contributed by atoms with Gasteiger partial charge in [-0.1, -0.05) is 12.1 Å². The van der Waals surface area contributed by atoms with E-state index >= 15 is 0 Å². The summed E-state index contributed by atoms with van der Waals surface area (Å²) in [5, 5.41) is 3.50. The van der Waals surface area contributed by atoms with Crippen LogP contribution in [0, 0.1) is 0 Å². The van der Waals surface area contributed by atoms with E-state index in [0.717, 1.165) is 11.4 Å². The largest absolute Gasteiger partial charge is 0.397 e. The third kappa shape index (κ3) is 1.62. The molecule has 1 aliphatic carbocycles. The molecule has 1 aromatic carbocycles. The number of hydrogen-bond acceptors (Lipinski definition) is 2. The minimum absolute atomic E-state index is 0.287. The van der Waals surface area contributed by atoms with E-state index in [1.807, 2.05) is 24.3 Å². The van der Waals surface area contributed by atoms with Crippen molar-refractivity contribution >= 4 is 11.4 Å². The molecule has 0 amide bonds. The summed E-state index contributed by atoms with van der Waals surface area (Å²) in [6.07, 6.45) is 3.83. The van der Waals surface area contributed by atoms with Gasteiger partial charge in [-0.15, -0.1) is 0 Å². The molecule has 2 heteroatoms. The average Bonchev–Trinajstić information content (AvgIpc) is 2.06. The number of hydrogen-bond donors (Lipinski definition) is 2. The van der Waals surface area contributed by atoms with Crippen LogP contribution in [0.2, 0.25) is 0 Å². The Morgan fingerprint density at radius 2 is 2.00 bits per heavy atom. The molecule has 2 nitrogen and oxygen atoms in total. The maximum atomic E-state index is 5.84. The van der Waals surface area contributed by atoms with Gasteiger partial charge in [0.05, 0.1) is 11.4 Å². The van der Waals surface area contributed by atoms with Crippen LogP contribution in [0.5, 0.6) is 0 Å². The van der Waals surface area contributed by atoms with Crippen molar-refractivity contribution < 1.29 is 0 Å². The Kier molecular flexibility index (Phi) is 1.91. The molecule has 2 rings (SSSR count). The normalized spacial score (nSPS) is 19.2. The highest BCUT2D eigenvalue weighted by atomic mass is 15.0. The van der Waals surface area contributed by atoms with Gasteiger partial charge in [0, 0.05) is 5.54 Å². The summed E-state index contributed by atoms with van der Waals surface area (Å²) in [5.41, 5.74) is 8.05. The molecule has 1 fully saturated rings. The van der Waals surface area contributed by atoms with Crippen molar-refractivity contribution in [3.8, 4) is 0 Å². The average molecular weight is 176 g/mol. The Morgan fingerprint density at radius 1 is 1.31 bits per heavy atom. The van der Waals surface area contributed by atoms with Gasteiger partial charge >= 0.3 is 0 Å². The van der Waals surface area contributed by atoms with Gasteiger partial charge in [0.25, 0.3) is 0 Å². The lowest BCUT2D eigenvalue weighted by atomic mass is 9.78. The highest BCUT2D eigenvalue weighted by Gasteiger charge is 2.31. The third-order valence-electron chi connectivity index (χ3n) is 2.85. The summed E-state index contributed by atoms with van der Waals surface area (Å²) in [6, 6.07) is 7.95. The monoisotopic (exact) mass is 176 g/mol. The molecule has 3 N–H and O–H groups in total. The van der Waals surface area contributed by atoms with Gasteiger partial charge in [-0.05, 0) is 38.3 Å². The van der Waals surface area contributed by atoms with Crippen LogP contribution in [0.1, 0.15) is 26.2 Å². The zero-order chi connectivity index (χ0) is 9.31. The Morgan fingerprint density at radius 3 is 2.54 bits per heavy atom. The zero-order valence-corrected chi connectivity index (χ0v) is 8.01. The van der Waals surface area contributed by atoms with Crippen LogP contribution in [0.15, 0.2) is 24.3 Å². The molecule has 0 spiro atoms. The van der Waals surface area contributed by atoms with Gasteiger partial charge in [0.15, 0.2) is 0 Å². The number of rotatable bonds is 2. The number of nitrogens with two attached hydrogens (primary N) is 1. The standard InChI is InChI=1S/C11H16N2/c1-11(7-4-8-11)13-10-6-3-2-5-9(10)12/h2-3,5-6,13H,4,7-8,12H2,1H3. The lowest BCUT2D eigenvalue weighted by molar-refractivity contribution is 0.307. The van der Waals surface area contributed by atoms with E-state index in [1.165, 1.54) is 19.3 Å². The van der Waals surface area contributed by atoms with E-state index in [1.54, 1.807) is 0 Å². The van der Waals surface area contributed by atoms with Crippen LogP contribution in [0.4, 0.5) is 11.4 Å². The first kappa shape index (κ1) is 8.42. The second-order valence-corrected chi connectivity index (χ2v) is 4.13. The number of anilines is 2. The molecule has 13 heavy (non-hydrogen) atoms. The highest BCUT2D eigenvalue weighted by molar-refractivity contribution is 5.66. The zero-order valence-electron chi connectivity index (χ0n) is 8.01. The predicted octanol–water partition coefficient (Wildman–Crippen LogP) is 2.62. The number of para-hydroxylation sites is 2. The van der Waals surface area contributed by atoms with Gasteiger partial charge in [-0.25, -0.2) is 0 Å². The molecule has 0 bridgehead atoms. The molecule has 1 aliphatic rings. The number of benzene rings is 1. The smallest absolute Gasteiger partial charge is 0.0578 e. The summed E-state index contributed by atoms with van der Waals surface area (Å²) in [4.78, 5) is 0. The van der Waals surface area contributed by atoms with Gasteiger partial charge in [-0.2, -0.15) is 0 Å². The molecule has 1 saturated carbocycles. The summed E-state index contributed by atoms with van der Waals surface area (Å²) in [5.74, 6) is 0.